The first kappa shape index (κ1) is 19.8. The van der Waals surface area contributed by atoms with Crippen LogP contribution in [-0.4, -0.2) is 24.8 Å². The summed E-state index contributed by atoms with van der Waals surface area (Å²) >= 11 is 0. The van der Waals surface area contributed by atoms with Gasteiger partial charge in [0.2, 0.25) is 0 Å². The van der Waals surface area contributed by atoms with Crippen molar-refractivity contribution in [2.45, 2.75) is 26.2 Å². The van der Waals surface area contributed by atoms with E-state index in [2.05, 4.69) is 0 Å². The highest BCUT2D eigenvalue weighted by atomic mass is 16.5. The van der Waals surface area contributed by atoms with Crippen LogP contribution in [0.5, 0.6) is 11.5 Å². The molecule has 2 aromatic carbocycles. The van der Waals surface area contributed by atoms with Gasteiger partial charge in [-0.2, -0.15) is 0 Å². The Balaban J connectivity index is 1.88. The molecule has 0 aliphatic heterocycles. The molecule has 0 unspecified atom stereocenters. The van der Waals surface area contributed by atoms with E-state index in [1.807, 2.05) is 31.2 Å². The maximum atomic E-state index is 13.1. The van der Waals surface area contributed by atoms with E-state index in [9.17, 15) is 14.7 Å². The van der Waals surface area contributed by atoms with Gasteiger partial charge in [-0.3, -0.25) is 4.79 Å². The molecule has 0 saturated carbocycles. The van der Waals surface area contributed by atoms with Crippen LogP contribution in [-0.2, 0) is 6.42 Å². The highest BCUT2D eigenvalue weighted by Crippen LogP contribution is 2.37. The summed E-state index contributed by atoms with van der Waals surface area (Å²) < 4.78 is 17.3. The molecule has 0 atom stereocenters. The summed E-state index contributed by atoms with van der Waals surface area (Å²) in [5, 5.41) is 9.52. The number of rotatable bonds is 5. The van der Waals surface area contributed by atoms with Gasteiger partial charge in [0.05, 0.1) is 24.7 Å². The average Bonchev–Trinajstić information content (AvgIpc) is 2.75. The van der Waals surface area contributed by atoms with Crippen LogP contribution in [0.1, 0.15) is 47.0 Å². The second-order valence-corrected chi connectivity index (χ2v) is 7.09. The summed E-state index contributed by atoms with van der Waals surface area (Å²) in [4.78, 5) is 24.4. The smallest absolute Gasteiger partial charge is 0.335 e. The minimum absolute atomic E-state index is 0.0683. The number of benzene rings is 2. The molecule has 1 aliphatic carbocycles. The van der Waals surface area contributed by atoms with Gasteiger partial charge in [-0.25, -0.2) is 4.79 Å². The number of fused-ring (bicyclic) bond motifs is 2. The van der Waals surface area contributed by atoms with Gasteiger partial charge in [-0.05, 0) is 62.1 Å². The third-order valence-electron chi connectivity index (χ3n) is 5.24. The summed E-state index contributed by atoms with van der Waals surface area (Å²) in [6, 6.07) is 10.1. The summed E-state index contributed by atoms with van der Waals surface area (Å²) in [5.41, 5.74) is 2.61. The van der Waals surface area contributed by atoms with Crippen LogP contribution in [0.15, 0.2) is 45.6 Å². The number of hydrogen-bond acceptors (Lipinski definition) is 5. The molecular formula is C24H22O6. The van der Waals surface area contributed by atoms with E-state index in [1.165, 1.54) is 12.1 Å². The largest absolute Gasteiger partial charge is 0.492 e. The van der Waals surface area contributed by atoms with Gasteiger partial charge >= 0.3 is 5.97 Å². The molecule has 3 aromatic rings. The summed E-state index contributed by atoms with van der Waals surface area (Å²) in [6.07, 6.45) is 4.13. The summed E-state index contributed by atoms with van der Waals surface area (Å²) in [6.45, 7) is 2.44. The number of carboxylic acids is 1. The van der Waals surface area contributed by atoms with Crippen molar-refractivity contribution < 1.29 is 23.8 Å². The first-order valence-corrected chi connectivity index (χ1v) is 9.87. The van der Waals surface area contributed by atoms with Crippen molar-refractivity contribution in [2.75, 3.05) is 13.7 Å². The predicted molar refractivity (Wildman–Crippen MR) is 114 cm³/mol. The maximum Gasteiger partial charge on any atom is 0.335 e. The van der Waals surface area contributed by atoms with Gasteiger partial charge in [0.1, 0.15) is 11.3 Å². The average molecular weight is 406 g/mol. The molecule has 1 aromatic heterocycles. The second-order valence-electron chi connectivity index (χ2n) is 7.09. The van der Waals surface area contributed by atoms with E-state index in [4.69, 9.17) is 13.9 Å². The number of carbonyl (C=O) groups is 1. The zero-order valence-corrected chi connectivity index (χ0v) is 16.9. The van der Waals surface area contributed by atoms with Crippen molar-refractivity contribution in [1.29, 1.82) is 0 Å². The van der Waals surface area contributed by atoms with Crippen LogP contribution < -0.4 is 14.9 Å². The van der Waals surface area contributed by atoms with Crippen LogP contribution in [0.2, 0.25) is 0 Å². The first-order chi connectivity index (χ1) is 14.5. The minimum Gasteiger partial charge on any atom is -0.492 e. The van der Waals surface area contributed by atoms with Gasteiger partial charge in [-0.15, -0.1) is 0 Å². The minimum atomic E-state index is -1.07. The van der Waals surface area contributed by atoms with E-state index in [0.717, 1.165) is 24.0 Å². The summed E-state index contributed by atoms with van der Waals surface area (Å²) in [5.74, 6) is 0.779. The quantitative estimate of drug-likeness (QED) is 0.657. The van der Waals surface area contributed by atoms with Crippen LogP contribution in [0.25, 0.3) is 22.6 Å². The van der Waals surface area contributed by atoms with Crippen molar-refractivity contribution in [1.82, 2.24) is 0 Å². The highest BCUT2D eigenvalue weighted by Gasteiger charge is 2.23. The van der Waals surface area contributed by atoms with Crippen molar-refractivity contribution in [3.8, 4) is 11.5 Å². The molecule has 4 rings (SSSR count). The fourth-order valence-electron chi connectivity index (χ4n) is 3.88. The fraction of sp³-hybridized carbons (Fsp3) is 0.250. The molecule has 1 N–H and O–H groups in total. The van der Waals surface area contributed by atoms with Crippen molar-refractivity contribution in [3.05, 3.63) is 69.1 Å². The Morgan fingerprint density at radius 1 is 1.23 bits per heavy atom. The van der Waals surface area contributed by atoms with E-state index in [0.29, 0.717) is 46.8 Å². The Bertz CT molecular complexity index is 1220. The molecule has 6 nitrogen and oxygen atoms in total. The van der Waals surface area contributed by atoms with Crippen molar-refractivity contribution in [3.63, 3.8) is 0 Å². The Kier molecular flexibility index (Phi) is 5.31. The van der Waals surface area contributed by atoms with Crippen molar-refractivity contribution >= 4 is 28.6 Å². The van der Waals surface area contributed by atoms with Crippen LogP contribution in [0.3, 0.4) is 0 Å². The van der Waals surface area contributed by atoms with Crippen LogP contribution in [0, 0.1) is 0 Å². The number of aromatic carboxylic acids is 1. The van der Waals surface area contributed by atoms with Gasteiger partial charge in [0.25, 0.3) is 0 Å². The lowest BCUT2D eigenvalue weighted by molar-refractivity contribution is 0.0697. The standard InChI is InChI=1S/C24H22O6/c1-3-29-20-9-5-7-15(23(20)28-2)12-14-6-4-8-17-21(25)18-13-16(24(26)27)10-11-19(18)30-22(14)17/h5,7,9-13H,3-4,6,8H2,1-2H3,(H,26,27)/b14-12+. The number of carboxylic acid groups (broad SMARTS) is 1. The zero-order valence-electron chi connectivity index (χ0n) is 16.9. The molecule has 30 heavy (non-hydrogen) atoms. The Morgan fingerprint density at radius 3 is 2.80 bits per heavy atom. The topological polar surface area (TPSA) is 86.0 Å². The SMILES string of the molecule is CCOc1cccc(/C=C2\CCCc3c2oc2ccc(C(=O)O)cc2c3=O)c1OC. The van der Waals surface area contributed by atoms with E-state index in [-0.39, 0.29) is 11.0 Å². The molecule has 0 saturated heterocycles. The lowest BCUT2D eigenvalue weighted by Gasteiger charge is -2.19. The maximum absolute atomic E-state index is 13.1. The lowest BCUT2D eigenvalue weighted by atomic mass is 9.90. The third kappa shape index (κ3) is 3.45. The molecule has 0 bridgehead atoms. The Hall–Kier alpha value is -3.54. The van der Waals surface area contributed by atoms with E-state index < -0.39 is 5.97 Å². The molecular weight excluding hydrogens is 384 g/mol. The molecule has 1 heterocycles. The molecule has 6 heteroatoms. The Labute approximate surface area is 173 Å². The molecule has 0 amide bonds. The second kappa shape index (κ2) is 8.06. The molecule has 0 fully saturated rings. The number of hydrogen-bond donors (Lipinski definition) is 1. The third-order valence-corrected chi connectivity index (χ3v) is 5.24. The molecule has 154 valence electrons. The van der Waals surface area contributed by atoms with E-state index >= 15 is 0 Å². The highest BCUT2D eigenvalue weighted by molar-refractivity contribution is 5.94. The molecule has 0 radical (unpaired) electrons. The number of ether oxygens (including phenoxy) is 2. The number of para-hydroxylation sites is 1. The van der Waals surface area contributed by atoms with Gasteiger partial charge in [0.15, 0.2) is 16.9 Å². The molecule has 1 aliphatic rings. The Morgan fingerprint density at radius 2 is 2.07 bits per heavy atom. The van der Waals surface area contributed by atoms with E-state index in [1.54, 1.807) is 13.2 Å². The van der Waals surface area contributed by atoms with Gasteiger partial charge in [-0.1, -0.05) is 12.1 Å². The summed E-state index contributed by atoms with van der Waals surface area (Å²) in [7, 11) is 1.60. The van der Waals surface area contributed by atoms with Crippen LogP contribution >= 0.6 is 0 Å². The zero-order chi connectivity index (χ0) is 21.3. The van der Waals surface area contributed by atoms with Crippen LogP contribution in [0.4, 0.5) is 0 Å². The lowest BCUT2D eigenvalue weighted by Crippen LogP contribution is -2.16. The molecule has 0 spiro atoms. The fourth-order valence-corrected chi connectivity index (χ4v) is 3.88. The van der Waals surface area contributed by atoms with Gasteiger partial charge < -0.3 is 19.0 Å². The number of allylic oxidation sites excluding steroid dienone is 1. The monoisotopic (exact) mass is 406 g/mol. The number of methoxy groups -OCH3 is 1. The first-order valence-electron chi connectivity index (χ1n) is 9.87. The normalized spacial score (nSPS) is 14.5. The van der Waals surface area contributed by atoms with Crippen molar-refractivity contribution in [2.24, 2.45) is 0 Å². The van der Waals surface area contributed by atoms with Gasteiger partial charge in [0, 0.05) is 11.1 Å². The predicted octanol–water partition coefficient (Wildman–Crippen LogP) is 4.78.